The molecule has 1 fully saturated rings. The number of aliphatic hydroxyl groups excluding tert-OH is 2. The van der Waals surface area contributed by atoms with Crippen molar-refractivity contribution < 1.29 is 38.1 Å². The van der Waals surface area contributed by atoms with Crippen molar-refractivity contribution in [2.75, 3.05) is 25.8 Å². The largest absolute Gasteiger partial charge is 0.468 e. The first-order chi connectivity index (χ1) is 19.5. The SMILES string of the molecule is COC(=O)[C@H](NP(=O)(OC[C@H]1O[C@@H](n2cc3c4c(ncnc42)N(C)N=C3N)[C@H](O)[C@@H]1O)Oc1ccccc1)C(C)C. The molecule has 5 N–H and O–H groups in total. The number of aliphatic hydroxyl groups is 2. The molecule has 1 saturated heterocycles. The Morgan fingerprint density at radius 2 is 1.95 bits per heavy atom. The molecule has 0 radical (unpaired) electrons. The van der Waals surface area contributed by atoms with Crippen molar-refractivity contribution in [3.8, 4) is 5.75 Å². The number of esters is 1. The molecular weight excluding hydrogens is 557 g/mol. The number of para-hydroxylation sites is 1. The van der Waals surface area contributed by atoms with Crippen molar-refractivity contribution >= 4 is 36.4 Å². The number of amidine groups is 1. The molecule has 0 saturated carbocycles. The van der Waals surface area contributed by atoms with Crippen LogP contribution in [0.15, 0.2) is 48.0 Å². The zero-order chi connectivity index (χ0) is 29.5. The molecule has 0 amide bonds. The Balaban J connectivity index is 1.39. The van der Waals surface area contributed by atoms with Crippen molar-refractivity contribution in [2.24, 2.45) is 16.8 Å². The molecule has 15 nitrogen and oxygen atoms in total. The van der Waals surface area contributed by atoms with Gasteiger partial charge < -0.3 is 34.5 Å². The summed E-state index contributed by atoms with van der Waals surface area (Å²) in [6.07, 6.45) is -2.13. The predicted octanol–water partition coefficient (Wildman–Crippen LogP) is 1.11. The highest BCUT2D eigenvalue weighted by molar-refractivity contribution is 7.52. The summed E-state index contributed by atoms with van der Waals surface area (Å²) in [4.78, 5) is 21.0. The van der Waals surface area contributed by atoms with Gasteiger partial charge in [0.25, 0.3) is 0 Å². The van der Waals surface area contributed by atoms with Gasteiger partial charge in [0.1, 0.15) is 42.1 Å². The molecule has 6 atom stereocenters. The van der Waals surface area contributed by atoms with Crippen molar-refractivity contribution in [2.45, 2.75) is 44.4 Å². The minimum atomic E-state index is -4.25. The molecule has 16 heteroatoms. The highest BCUT2D eigenvalue weighted by Crippen LogP contribution is 2.47. The first kappa shape index (κ1) is 28.9. The lowest BCUT2D eigenvalue weighted by Crippen LogP contribution is -2.42. The number of anilines is 1. The summed E-state index contributed by atoms with van der Waals surface area (Å²) in [7, 11) is -1.34. The molecule has 0 bridgehead atoms. The van der Waals surface area contributed by atoms with E-state index in [0.29, 0.717) is 22.4 Å². The Kier molecular flexibility index (Phi) is 8.01. The number of rotatable bonds is 10. The zero-order valence-corrected chi connectivity index (χ0v) is 23.7. The maximum Gasteiger partial charge on any atom is 0.459 e. The number of hydrogen-bond acceptors (Lipinski definition) is 13. The van der Waals surface area contributed by atoms with Gasteiger partial charge in [0.2, 0.25) is 0 Å². The van der Waals surface area contributed by atoms with Gasteiger partial charge in [0.05, 0.1) is 19.1 Å². The number of carbonyl (C=O) groups excluding carboxylic acids is 1. The second-order valence-corrected chi connectivity index (χ2v) is 11.7. The standard InChI is InChI=1S/C25H32N7O8P/c1-13(2)18(25(35)37-4)30-41(36,40-14-8-6-5-7-9-14)38-11-16-19(33)20(34)24(39-16)32-10-15-17-22(27-12-28-23(17)32)31(3)29-21(15)26/h5-10,12-13,16,18-20,24,33-34H,11H2,1-4H3,(H2,26,29)(H,30,36)/t16-,18-,19-,20-,24-,41?/m1/s1. The van der Waals surface area contributed by atoms with Crippen LogP contribution in [0, 0.1) is 5.92 Å². The third-order valence-electron chi connectivity index (χ3n) is 6.84. The summed E-state index contributed by atoms with van der Waals surface area (Å²) in [6, 6.07) is 7.24. The minimum absolute atomic E-state index is 0.220. The third kappa shape index (κ3) is 5.52. The van der Waals surface area contributed by atoms with Gasteiger partial charge in [-0.1, -0.05) is 32.0 Å². The van der Waals surface area contributed by atoms with Gasteiger partial charge in [0.15, 0.2) is 17.9 Å². The van der Waals surface area contributed by atoms with E-state index in [-0.39, 0.29) is 17.5 Å². The molecule has 41 heavy (non-hydrogen) atoms. The highest BCUT2D eigenvalue weighted by Gasteiger charge is 2.46. The second kappa shape index (κ2) is 11.4. The van der Waals surface area contributed by atoms with Crippen LogP contribution in [0.5, 0.6) is 5.75 Å². The molecule has 2 aromatic heterocycles. The molecule has 0 aliphatic carbocycles. The molecule has 0 spiro atoms. The van der Waals surface area contributed by atoms with E-state index >= 15 is 0 Å². The number of carbonyl (C=O) groups is 1. The molecule has 2 aliphatic rings. The normalized spacial score (nSPS) is 24.3. The first-order valence-electron chi connectivity index (χ1n) is 12.8. The fourth-order valence-electron chi connectivity index (χ4n) is 4.71. The zero-order valence-electron chi connectivity index (χ0n) is 22.8. The van der Waals surface area contributed by atoms with Crippen LogP contribution in [-0.2, 0) is 23.4 Å². The lowest BCUT2D eigenvalue weighted by atomic mass is 10.1. The Bertz CT molecular complexity index is 1500. The second-order valence-electron chi connectivity index (χ2n) is 9.97. The quantitative estimate of drug-likeness (QED) is 0.194. The number of nitrogens with one attached hydrogen (secondary N) is 1. The molecule has 3 aromatic rings. The Morgan fingerprint density at radius 3 is 2.63 bits per heavy atom. The molecule has 2 aliphatic heterocycles. The van der Waals surface area contributed by atoms with Crippen molar-refractivity contribution in [3.05, 3.63) is 48.4 Å². The average Bonchev–Trinajstić information content (AvgIpc) is 3.47. The van der Waals surface area contributed by atoms with Gasteiger partial charge >= 0.3 is 13.7 Å². The lowest BCUT2D eigenvalue weighted by molar-refractivity contribution is -0.143. The van der Waals surface area contributed by atoms with Gasteiger partial charge in [-0.15, -0.1) is 0 Å². The van der Waals surface area contributed by atoms with Crippen LogP contribution in [0.3, 0.4) is 0 Å². The average molecular weight is 590 g/mol. The van der Waals surface area contributed by atoms with E-state index < -0.39 is 50.9 Å². The van der Waals surface area contributed by atoms with E-state index in [1.807, 2.05) is 0 Å². The Labute approximate surface area is 235 Å². The van der Waals surface area contributed by atoms with E-state index in [4.69, 9.17) is 24.3 Å². The molecular formula is C25H32N7O8P. The maximum atomic E-state index is 13.9. The number of hydrogen-bond donors (Lipinski definition) is 4. The van der Waals surface area contributed by atoms with Crippen LogP contribution in [0.2, 0.25) is 0 Å². The van der Waals surface area contributed by atoms with Crippen LogP contribution in [-0.4, -0.2) is 81.7 Å². The number of hydrazone groups is 1. The number of ether oxygens (including phenoxy) is 2. The Morgan fingerprint density at radius 1 is 1.22 bits per heavy atom. The molecule has 4 heterocycles. The monoisotopic (exact) mass is 589 g/mol. The van der Waals surface area contributed by atoms with Gasteiger partial charge in [-0.3, -0.25) is 9.32 Å². The highest BCUT2D eigenvalue weighted by atomic mass is 31.2. The molecule has 5 rings (SSSR count). The van der Waals surface area contributed by atoms with Gasteiger partial charge in [-0.25, -0.2) is 19.5 Å². The van der Waals surface area contributed by atoms with Crippen LogP contribution in [0.1, 0.15) is 25.6 Å². The van der Waals surface area contributed by atoms with E-state index in [0.717, 1.165) is 0 Å². The molecule has 1 aromatic carbocycles. The van der Waals surface area contributed by atoms with Crippen LogP contribution in [0.25, 0.3) is 11.0 Å². The number of aromatic nitrogens is 3. The summed E-state index contributed by atoms with van der Waals surface area (Å²) in [5.74, 6) is -0.0317. The maximum absolute atomic E-state index is 13.9. The fraction of sp³-hybridized carbons (Fsp3) is 0.440. The third-order valence-corrected chi connectivity index (χ3v) is 8.37. The van der Waals surface area contributed by atoms with Gasteiger partial charge in [0, 0.05) is 18.8 Å². The summed E-state index contributed by atoms with van der Waals surface area (Å²) in [5, 5.41) is 30.9. The first-order valence-corrected chi connectivity index (χ1v) is 14.4. The topological polar surface area (TPSA) is 196 Å². The Hall–Kier alpha value is -3.59. The van der Waals surface area contributed by atoms with Crippen molar-refractivity contribution in [3.63, 3.8) is 0 Å². The van der Waals surface area contributed by atoms with E-state index in [9.17, 15) is 19.6 Å². The summed E-state index contributed by atoms with van der Waals surface area (Å²) < 4.78 is 37.7. The predicted molar refractivity (Wildman–Crippen MR) is 147 cm³/mol. The van der Waals surface area contributed by atoms with Gasteiger partial charge in [-0.05, 0) is 18.1 Å². The number of nitrogens with two attached hydrogens (primary N) is 1. The summed E-state index contributed by atoms with van der Waals surface area (Å²) in [6.45, 7) is 3.02. The smallest absolute Gasteiger partial charge is 0.459 e. The van der Waals surface area contributed by atoms with E-state index in [1.54, 1.807) is 57.4 Å². The van der Waals surface area contributed by atoms with Crippen LogP contribution >= 0.6 is 7.75 Å². The van der Waals surface area contributed by atoms with Crippen molar-refractivity contribution in [1.82, 2.24) is 19.6 Å². The number of nitrogens with zero attached hydrogens (tertiary/aromatic N) is 5. The van der Waals surface area contributed by atoms with Gasteiger partial charge in [-0.2, -0.15) is 10.2 Å². The fourth-order valence-corrected chi connectivity index (χ4v) is 6.38. The van der Waals surface area contributed by atoms with Crippen LogP contribution in [0.4, 0.5) is 5.82 Å². The molecule has 1 unspecified atom stereocenters. The minimum Gasteiger partial charge on any atom is -0.468 e. The number of methoxy groups -OCH3 is 1. The van der Waals surface area contributed by atoms with Crippen molar-refractivity contribution in [1.29, 1.82) is 0 Å². The van der Waals surface area contributed by atoms with E-state index in [2.05, 4.69) is 20.2 Å². The van der Waals surface area contributed by atoms with Crippen LogP contribution < -0.4 is 20.4 Å². The lowest BCUT2D eigenvalue weighted by Gasteiger charge is -2.27. The molecule has 220 valence electrons. The van der Waals surface area contributed by atoms with E-state index in [1.165, 1.54) is 23.0 Å². The number of benzene rings is 1. The summed E-state index contributed by atoms with van der Waals surface area (Å²) in [5.41, 5.74) is 7.08. The summed E-state index contributed by atoms with van der Waals surface area (Å²) >= 11 is 0.